The SMILES string of the molecule is O=S(=O)(NCC1CN(CCCc2noc3cc(F)ccc23)C1)c1ccc(F)c(Cl)c1. The van der Waals surface area contributed by atoms with Crippen molar-refractivity contribution in [3.05, 3.63) is 58.7 Å². The van der Waals surface area contributed by atoms with Crippen molar-refractivity contribution in [3.8, 4) is 0 Å². The molecule has 30 heavy (non-hydrogen) atoms. The Bertz CT molecular complexity index is 1160. The van der Waals surface area contributed by atoms with Crippen LogP contribution in [-0.2, 0) is 16.4 Å². The lowest BCUT2D eigenvalue weighted by Crippen LogP contribution is -2.51. The van der Waals surface area contributed by atoms with E-state index < -0.39 is 15.8 Å². The van der Waals surface area contributed by atoms with E-state index in [0.29, 0.717) is 12.1 Å². The van der Waals surface area contributed by atoms with E-state index >= 15 is 0 Å². The Morgan fingerprint density at radius 2 is 2.00 bits per heavy atom. The van der Waals surface area contributed by atoms with Crippen LogP contribution < -0.4 is 4.72 Å². The van der Waals surface area contributed by atoms with Crippen LogP contribution in [0.15, 0.2) is 45.8 Å². The van der Waals surface area contributed by atoms with Crippen LogP contribution in [0.4, 0.5) is 8.78 Å². The third kappa shape index (κ3) is 4.64. The van der Waals surface area contributed by atoms with Crippen LogP contribution in [0.1, 0.15) is 12.1 Å². The lowest BCUT2D eigenvalue weighted by molar-refractivity contribution is 0.102. The largest absolute Gasteiger partial charge is 0.356 e. The third-order valence-corrected chi connectivity index (χ3v) is 6.90. The van der Waals surface area contributed by atoms with E-state index in [1.165, 1.54) is 18.2 Å². The van der Waals surface area contributed by atoms with Crippen LogP contribution in [0, 0.1) is 17.6 Å². The van der Waals surface area contributed by atoms with E-state index in [0.717, 1.165) is 55.7 Å². The molecule has 0 amide bonds. The molecule has 2 heterocycles. The number of hydrogen-bond donors (Lipinski definition) is 1. The number of nitrogens with one attached hydrogen (secondary N) is 1. The smallest absolute Gasteiger partial charge is 0.240 e. The van der Waals surface area contributed by atoms with Gasteiger partial charge in [-0.25, -0.2) is 21.9 Å². The lowest BCUT2D eigenvalue weighted by atomic mass is 10.00. The minimum atomic E-state index is -3.72. The maximum atomic E-state index is 13.2. The van der Waals surface area contributed by atoms with Gasteiger partial charge in [0.15, 0.2) is 5.58 Å². The molecule has 4 rings (SSSR count). The van der Waals surface area contributed by atoms with Gasteiger partial charge in [-0.3, -0.25) is 0 Å². The number of rotatable bonds is 8. The number of aromatic nitrogens is 1. The number of nitrogens with zero attached hydrogens (tertiary/aromatic N) is 2. The molecular formula is C20H20ClF2N3O3S. The zero-order valence-electron chi connectivity index (χ0n) is 15.9. The normalized spacial score (nSPS) is 15.6. The zero-order valence-corrected chi connectivity index (χ0v) is 17.5. The average Bonchev–Trinajstić information content (AvgIpc) is 3.06. The number of aryl methyl sites for hydroxylation is 1. The fourth-order valence-electron chi connectivity index (χ4n) is 3.56. The molecule has 1 N–H and O–H groups in total. The summed E-state index contributed by atoms with van der Waals surface area (Å²) < 4.78 is 58.8. The van der Waals surface area contributed by atoms with E-state index in [9.17, 15) is 17.2 Å². The lowest BCUT2D eigenvalue weighted by Gasteiger charge is -2.39. The summed E-state index contributed by atoms with van der Waals surface area (Å²) in [4.78, 5) is 2.18. The van der Waals surface area contributed by atoms with E-state index in [1.54, 1.807) is 6.07 Å². The number of benzene rings is 2. The number of fused-ring (bicyclic) bond motifs is 1. The van der Waals surface area contributed by atoms with Crippen LogP contribution in [0.25, 0.3) is 11.0 Å². The molecule has 2 aromatic carbocycles. The van der Waals surface area contributed by atoms with E-state index in [1.807, 2.05) is 0 Å². The summed E-state index contributed by atoms with van der Waals surface area (Å²) in [5.74, 6) is -0.794. The van der Waals surface area contributed by atoms with Gasteiger partial charge < -0.3 is 9.42 Å². The highest BCUT2D eigenvalue weighted by Gasteiger charge is 2.28. The first-order valence-corrected chi connectivity index (χ1v) is 11.4. The Kier molecular flexibility index (Phi) is 6.06. The van der Waals surface area contributed by atoms with Crippen LogP contribution in [-0.4, -0.2) is 44.7 Å². The van der Waals surface area contributed by atoms with Gasteiger partial charge >= 0.3 is 0 Å². The van der Waals surface area contributed by atoms with Crippen LogP contribution in [0.2, 0.25) is 5.02 Å². The maximum absolute atomic E-state index is 13.2. The van der Waals surface area contributed by atoms with Crippen molar-refractivity contribution in [1.29, 1.82) is 0 Å². The monoisotopic (exact) mass is 455 g/mol. The van der Waals surface area contributed by atoms with Gasteiger partial charge in [-0.15, -0.1) is 0 Å². The summed E-state index contributed by atoms with van der Waals surface area (Å²) in [6.45, 7) is 2.74. The molecule has 0 saturated carbocycles. The molecule has 0 bridgehead atoms. The highest BCUT2D eigenvalue weighted by Crippen LogP contribution is 2.23. The van der Waals surface area contributed by atoms with Crippen molar-refractivity contribution in [3.63, 3.8) is 0 Å². The number of sulfonamides is 1. The standard InChI is InChI=1S/C20H20ClF2N3O3S/c21-17-9-15(4-6-18(17)23)30(27,28)24-10-13-11-26(12-13)7-1-2-19-16-5-3-14(22)8-20(16)29-25-19/h3-6,8-9,13,24H,1-2,7,10-12H2. The van der Waals surface area contributed by atoms with Crippen molar-refractivity contribution in [2.24, 2.45) is 5.92 Å². The van der Waals surface area contributed by atoms with Crippen molar-refractivity contribution < 1.29 is 21.7 Å². The molecule has 1 aliphatic heterocycles. The van der Waals surface area contributed by atoms with Crippen LogP contribution in [0.5, 0.6) is 0 Å². The predicted molar refractivity (Wildman–Crippen MR) is 109 cm³/mol. The summed E-state index contributed by atoms with van der Waals surface area (Å²) in [7, 11) is -3.72. The fourth-order valence-corrected chi connectivity index (χ4v) is 4.94. The Morgan fingerprint density at radius 3 is 2.77 bits per heavy atom. The number of likely N-dealkylation sites (tertiary alicyclic amines) is 1. The minimum absolute atomic E-state index is 0.0511. The molecule has 1 aliphatic rings. The topological polar surface area (TPSA) is 75.4 Å². The van der Waals surface area contributed by atoms with Gasteiger partial charge in [-0.05, 0) is 55.6 Å². The molecule has 160 valence electrons. The number of hydrogen-bond acceptors (Lipinski definition) is 5. The van der Waals surface area contributed by atoms with Gasteiger partial charge in [-0.1, -0.05) is 16.8 Å². The van der Waals surface area contributed by atoms with Gasteiger partial charge in [0, 0.05) is 31.1 Å². The third-order valence-electron chi connectivity index (χ3n) is 5.19. The minimum Gasteiger partial charge on any atom is -0.356 e. The predicted octanol–water partition coefficient (Wildman–Crippen LogP) is 3.60. The molecule has 0 spiro atoms. The number of halogens is 3. The summed E-state index contributed by atoms with van der Waals surface area (Å²) >= 11 is 5.66. The Balaban J connectivity index is 1.20. The quantitative estimate of drug-likeness (QED) is 0.561. The first-order chi connectivity index (χ1) is 14.3. The molecule has 0 aliphatic carbocycles. The molecule has 10 heteroatoms. The first-order valence-electron chi connectivity index (χ1n) is 9.53. The van der Waals surface area contributed by atoms with Crippen molar-refractivity contribution in [1.82, 2.24) is 14.8 Å². The van der Waals surface area contributed by atoms with Gasteiger partial charge in [0.05, 0.1) is 15.6 Å². The molecule has 1 aromatic heterocycles. The average molecular weight is 456 g/mol. The molecule has 0 unspecified atom stereocenters. The van der Waals surface area contributed by atoms with E-state index in [4.69, 9.17) is 16.1 Å². The fraction of sp³-hybridized carbons (Fsp3) is 0.350. The summed E-state index contributed by atoms with van der Waals surface area (Å²) in [5, 5.41) is 4.62. The second kappa shape index (κ2) is 8.58. The molecule has 1 saturated heterocycles. The zero-order chi connectivity index (χ0) is 21.3. The molecule has 3 aromatic rings. The summed E-state index contributed by atoms with van der Waals surface area (Å²) in [6, 6.07) is 7.73. The van der Waals surface area contributed by atoms with Crippen molar-refractivity contribution in [2.75, 3.05) is 26.2 Å². The highest BCUT2D eigenvalue weighted by atomic mass is 35.5. The Labute approximate surface area is 177 Å². The Morgan fingerprint density at radius 1 is 1.20 bits per heavy atom. The van der Waals surface area contributed by atoms with Gasteiger partial charge in [0.25, 0.3) is 0 Å². The van der Waals surface area contributed by atoms with Crippen molar-refractivity contribution >= 4 is 32.6 Å². The van der Waals surface area contributed by atoms with E-state index in [2.05, 4.69) is 14.8 Å². The molecule has 0 radical (unpaired) electrons. The van der Waals surface area contributed by atoms with Gasteiger partial charge in [0.1, 0.15) is 11.6 Å². The summed E-state index contributed by atoms with van der Waals surface area (Å²) in [6.07, 6.45) is 1.59. The Hall–Kier alpha value is -2.07. The molecule has 0 atom stereocenters. The van der Waals surface area contributed by atoms with E-state index in [-0.39, 0.29) is 21.7 Å². The van der Waals surface area contributed by atoms with Gasteiger partial charge in [0.2, 0.25) is 10.0 Å². The van der Waals surface area contributed by atoms with Gasteiger partial charge in [-0.2, -0.15) is 0 Å². The first kappa shape index (κ1) is 21.2. The second-order valence-corrected chi connectivity index (χ2v) is 9.60. The van der Waals surface area contributed by atoms with Crippen LogP contribution >= 0.6 is 11.6 Å². The molecule has 6 nitrogen and oxygen atoms in total. The summed E-state index contributed by atoms with van der Waals surface area (Å²) in [5.41, 5.74) is 1.26. The maximum Gasteiger partial charge on any atom is 0.240 e. The highest BCUT2D eigenvalue weighted by molar-refractivity contribution is 7.89. The van der Waals surface area contributed by atoms with Crippen LogP contribution in [0.3, 0.4) is 0 Å². The second-order valence-electron chi connectivity index (χ2n) is 7.43. The molecular weight excluding hydrogens is 436 g/mol. The molecule has 1 fully saturated rings. The van der Waals surface area contributed by atoms with Crippen molar-refractivity contribution in [2.45, 2.75) is 17.7 Å².